The van der Waals surface area contributed by atoms with Crippen molar-refractivity contribution in [3.63, 3.8) is 0 Å². The van der Waals surface area contributed by atoms with Gasteiger partial charge in [0.25, 0.3) is 0 Å². The third-order valence-corrected chi connectivity index (χ3v) is 2.86. The molecule has 0 aliphatic carbocycles. The van der Waals surface area contributed by atoms with Crippen molar-refractivity contribution in [3.8, 4) is 0 Å². The van der Waals surface area contributed by atoms with Gasteiger partial charge in [-0.1, -0.05) is 12.1 Å². The average molecular weight is 270 g/mol. The van der Waals surface area contributed by atoms with Crippen LogP contribution in [0.15, 0.2) is 42.5 Å². The summed E-state index contributed by atoms with van der Waals surface area (Å²) in [5, 5.41) is 3.23. The van der Waals surface area contributed by atoms with E-state index in [4.69, 9.17) is 10.5 Å². The van der Waals surface area contributed by atoms with Crippen LogP contribution in [0.3, 0.4) is 0 Å². The first-order valence-corrected chi connectivity index (χ1v) is 6.50. The number of anilines is 3. The molecule has 0 bridgehead atoms. The summed E-state index contributed by atoms with van der Waals surface area (Å²) < 4.78 is 4.94. The second-order valence-electron chi connectivity index (χ2n) is 4.52. The van der Waals surface area contributed by atoms with Gasteiger partial charge in [0.2, 0.25) is 0 Å². The highest BCUT2D eigenvalue weighted by atomic mass is 16.5. The van der Waals surface area contributed by atoms with Gasteiger partial charge in [-0.3, -0.25) is 0 Å². The standard InChI is InChI=1S/C16H18N2O2/c1-3-20-16(19)12-7-8-15(14(17)10-12)18-13-6-4-5-11(2)9-13/h4-10,18H,3,17H2,1-2H3. The van der Waals surface area contributed by atoms with Gasteiger partial charge in [-0.25, -0.2) is 4.79 Å². The molecule has 3 N–H and O–H groups in total. The molecule has 0 spiro atoms. The molecule has 20 heavy (non-hydrogen) atoms. The van der Waals surface area contributed by atoms with Gasteiger partial charge in [0, 0.05) is 5.69 Å². The number of benzene rings is 2. The van der Waals surface area contributed by atoms with E-state index >= 15 is 0 Å². The number of nitrogens with one attached hydrogen (secondary N) is 1. The zero-order valence-corrected chi connectivity index (χ0v) is 11.6. The number of hydrogen-bond acceptors (Lipinski definition) is 4. The highest BCUT2D eigenvalue weighted by molar-refractivity contribution is 5.92. The molecule has 0 atom stereocenters. The lowest BCUT2D eigenvalue weighted by Gasteiger charge is -2.11. The Balaban J connectivity index is 2.20. The number of hydrogen-bond donors (Lipinski definition) is 2. The summed E-state index contributed by atoms with van der Waals surface area (Å²) in [6.45, 7) is 4.15. The van der Waals surface area contributed by atoms with Gasteiger partial charge in [0.15, 0.2) is 0 Å². The molecule has 0 saturated heterocycles. The van der Waals surface area contributed by atoms with Crippen molar-refractivity contribution >= 4 is 23.0 Å². The topological polar surface area (TPSA) is 64.3 Å². The van der Waals surface area contributed by atoms with Crippen LogP contribution in [-0.4, -0.2) is 12.6 Å². The third kappa shape index (κ3) is 3.29. The molecule has 0 heterocycles. The Labute approximate surface area is 118 Å². The third-order valence-electron chi connectivity index (χ3n) is 2.86. The maximum absolute atomic E-state index is 11.6. The first-order valence-electron chi connectivity index (χ1n) is 6.50. The lowest BCUT2D eigenvalue weighted by atomic mass is 10.1. The lowest BCUT2D eigenvalue weighted by Crippen LogP contribution is -2.06. The van der Waals surface area contributed by atoms with Gasteiger partial charge < -0.3 is 15.8 Å². The fourth-order valence-electron chi connectivity index (χ4n) is 1.90. The van der Waals surface area contributed by atoms with Crippen LogP contribution >= 0.6 is 0 Å². The van der Waals surface area contributed by atoms with Gasteiger partial charge in [-0.05, 0) is 49.7 Å². The normalized spacial score (nSPS) is 10.1. The quantitative estimate of drug-likeness (QED) is 0.659. The smallest absolute Gasteiger partial charge is 0.338 e. The van der Waals surface area contributed by atoms with Gasteiger partial charge in [-0.2, -0.15) is 0 Å². The van der Waals surface area contributed by atoms with Crippen molar-refractivity contribution in [1.82, 2.24) is 0 Å². The van der Waals surface area contributed by atoms with Crippen LogP contribution in [0.5, 0.6) is 0 Å². The van der Waals surface area contributed by atoms with Gasteiger partial charge in [-0.15, -0.1) is 0 Å². The van der Waals surface area contributed by atoms with E-state index in [0.29, 0.717) is 17.9 Å². The molecule has 0 amide bonds. The minimum atomic E-state index is -0.360. The first-order chi connectivity index (χ1) is 9.60. The number of esters is 1. The lowest BCUT2D eigenvalue weighted by molar-refractivity contribution is 0.0526. The minimum absolute atomic E-state index is 0.349. The maximum Gasteiger partial charge on any atom is 0.338 e. The maximum atomic E-state index is 11.6. The highest BCUT2D eigenvalue weighted by Gasteiger charge is 2.09. The first kappa shape index (κ1) is 13.9. The van der Waals surface area contributed by atoms with Crippen molar-refractivity contribution in [2.45, 2.75) is 13.8 Å². The van der Waals surface area contributed by atoms with E-state index in [0.717, 1.165) is 16.9 Å². The van der Waals surface area contributed by atoms with Crippen molar-refractivity contribution < 1.29 is 9.53 Å². The van der Waals surface area contributed by atoms with Gasteiger partial charge in [0.05, 0.1) is 23.5 Å². The second kappa shape index (κ2) is 6.10. The summed E-state index contributed by atoms with van der Waals surface area (Å²) in [7, 11) is 0. The predicted octanol–water partition coefficient (Wildman–Crippen LogP) is 3.50. The van der Waals surface area contributed by atoms with Crippen molar-refractivity contribution in [1.29, 1.82) is 0 Å². The molecule has 0 fully saturated rings. The molecule has 2 aromatic rings. The Bertz CT molecular complexity index is 624. The molecule has 0 aliphatic rings. The molecule has 4 nitrogen and oxygen atoms in total. The van der Waals surface area contributed by atoms with Crippen LogP contribution in [-0.2, 0) is 4.74 Å². The van der Waals surface area contributed by atoms with E-state index in [-0.39, 0.29) is 5.97 Å². The summed E-state index contributed by atoms with van der Waals surface area (Å²) in [4.78, 5) is 11.6. The molecule has 0 saturated carbocycles. The van der Waals surface area contributed by atoms with Crippen LogP contribution in [0.1, 0.15) is 22.8 Å². The molecule has 0 radical (unpaired) electrons. The fraction of sp³-hybridized carbons (Fsp3) is 0.188. The van der Waals surface area contributed by atoms with Gasteiger partial charge in [0.1, 0.15) is 0 Å². The molecule has 0 aliphatic heterocycles. The highest BCUT2D eigenvalue weighted by Crippen LogP contribution is 2.25. The monoisotopic (exact) mass is 270 g/mol. The van der Waals surface area contributed by atoms with E-state index in [9.17, 15) is 4.79 Å². The largest absolute Gasteiger partial charge is 0.462 e. The number of rotatable bonds is 4. The Morgan fingerprint density at radius 2 is 2.05 bits per heavy atom. The van der Waals surface area contributed by atoms with Gasteiger partial charge >= 0.3 is 5.97 Å². The van der Waals surface area contributed by atoms with E-state index in [1.54, 1.807) is 25.1 Å². The predicted molar refractivity (Wildman–Crippen MR) is 81.3 cm³/mol. The summed E-state index contributed by atoms with van der Waals surface area (Å²) in [6, 6.07) is 13.1. The molecule has 2 aromatic carbocycles. The zero-order chi connectivity index (χ0) is 14.5. The molecule has 0 aromatic heterocycles. The van der Waals surface area contributed by atoms with Crippen molar-refractivity contribution in [2.75, 3.05) is 17.7 Å². The molecular formula is C16H18N2O2. The molecule has 2 rings (SSSR count). The minimum Gasteiger partial charge on any atom is -0.462 e. The second-order valence-corrected chi connectivity index (χ2v) is 4.52. The summed E-state index contributed by atoms with van der Waals surface area (Å²) in [5.41, 5.74) is 9.83. The molecular weight excluding hydrogens is 252 g/mol. The van der Waals surface area contributed by atoms with E-state index in [2.05, 4.69) is 5.32 Å². The number of aryl methyl sites for hydroxylation is 1. The SMILES string of the molecule is CCOC(=O)c1ccc(Nc2cccc(C)c2)c(N)c1. The summed E-state index contributed by atoms with van der Waals surface area (Å²) >= 11 is 0. The van der Waals surface area contributed by atoms with Crippen LogP contribution in [0.25, 0.3) is 0 Å². The zero-order valence-electron chi connectivity index (χ0n) is 11.6. The Kier molecular flexibility index (Phi) is 4.25. The Hall–Kier alpha value is -2.49. The van der Waals surface area contributed by atoms with Crippen LogP contribution in [0, 0.1) is 6.92 Å². The van der Waals surface area contributed by atoms with Crippen LogP contribution in [0.4, 0.5) is 17.1 Å². The molecule has 104 valence electrons. The number of nitrogens with two attached hydrogens (primary N) is 1. The van der Waals surface area contributed by atoms with Crippen LogP contribution < -0.4 is 11.1 Å². The number of carbonyl (C=O) groups excluding carboxylic acids is 1. The summed E-state index contributed by atoms with van der Waals surface area (Å²) in [6.07, 6.45) is 0. The van der Waals surface area contributed by atoms with Crippen molar-refractivity contribution in [3.05, 3.63) is 53.6 Å². The van der Waals surface area contributed by atoms with E-state index < -0.39 is 0 Å². The Morgan fingerprint density at radius 1 is 1.25 bits per heavy atom. The number of carbonyl (C=O) groups is 1. The van der Waals surface area contributed by atoms with E-state index in [1.807, 2.05) is 31.2 Å². The fourth-order valence-corrected chi connectivity index (χ4v) is 1.90. The molecule has 4 heteroatoms. The average Bonchev–Trinajstić information content (AvgIpc) is 2.41. The Morgan fingerprint density at radius 3 is 2.70 bits per heavy atom. The van der Waals surface area contributed by atoms with Crippen LogP contribution in [0.2, 0.25) is 0 Å². The molecule has 0 unspecified atom stereocenters. The van der Waals surface area contributed by atoms with E-state index in [1.165, 1.54) is 0 Å². The number of ether oxygens (including phenoxy) is 1. The number of nitrogen functional groups attached to an aromatic ring is 1. The summed E-state index contributed by atoms with van der Waals surface area (Å²) in [5.74, 6) is -0.360. The van der Waals surface area contributed by atoms with Crippen molar-refractivity contribution in [2.24, 2.45) is 0 Å².